The second kappa shape index (κ2) is 6.73. The third kappa shape index (κ3) is 3.50. The molecule has 0 saturated heterocycles. The van der Waals surface area contributed by atoms with Crippen LogP contribution in [0.1, 0.15) is 31.1 Å². The standard InChI is InChI=1S/C16H20ClN3/c1-3-20(11-14-6-4-5-9-19-14)16-8-7-13(12(2)18)10-15(16)17/h4-10,12H,3,11,18H2,1-2H3/t12-/m0/s1. The summed E-state index contributed by atoms with van der Waals surface area (Å²) in [4.78, 5) is 6.57. The highest BCUT2D eigenvalue weighted by molar-refractivity contribution is 6.33. The van der Waals surface area contributed by atoms with Gasteiger partial charge in [0.1, 0.15) is 0 Å². The van der Waals surface area contributed by atoms with Gasteiger partial charge in [-0.3, -0.25) is 4.98 Å². The van der Waals surface area contributed by atoms with Crippen molar-refractivity contribution >= 4 is 17.3 Å². The Labute approximate surface area is 125 Å². The lowest BCUT2D eigenvalue weighted by Crippen LogP contribution is -2.23. The lowest BCUT2D eigenvalue weighted by atomic mass is 10.1. The zero-order chi connectivity index (χ0) is 14.5. The second-order valence-electron chi connectivity index (χ2n) is 4.83. The van der Waals surface area contributed by atoms with E-state index in [0.29, 0.717) is 0 Å². The van der Waals surface area contributed by atoms with Gasteiger partial charge in [-0.1, -0.05) is 23.7 Å². The predicted octanol–water partition coefficient (Wildman–Crippen LogP) is 3.78. The van der Waals surface area contributed by atoms with Crippen LogP contribution in [-0.4, -0.2) is 11.5 Å². The van der Waals surface area contributed by atoms with Crippen LogP contribution in [0.3, 0.4) is 0 Å². The number of hydrogen-bond acceptors (Lipinski definition) is 3. The zero-order valence-electron chi connectivity index (χ0n) is 11.9. The number of anilines is 1. The molecule has 1 aromatic carbocycles. The van der Waals surface area contributed by atoms with E-state index in [2.05, 4.69) is 16.8 Å². The Morgan fingerprint density at radius 1 is 1.30 bits per heavy atom. The molecule has 0 fully saturated rings. The Bertz CT molecular complexity index is 555. The van der Waals surface area contributed by atoms with E-state index >= 15 is 0 Å². The number of benzene rings is 1. The SMILES string of the molecule is CCN(Cc1ccccn1)c1ccc([C@H](C)N)cc1Cl. The smallest absolute Gasteiger partial charge is 0.0643 e. The fourth-order valence-electron chi connectivity index (χ4n) is 2.12. The van der Waals surface area contributed by atoms with Gasteiger partial charge in [0.2, 0.25) is 0 Å². The number of halogens is 1. The number of aromatic nitrogens is 1. The number of nitrogens with zero attached hydrogens (tertiary/aromatic N) is 2. The molecule has 0 aliphatic heterocycles. The van der Waals surface area contributed by atoms with Gasteiger partial charge in [-0.25, -0.2) is 0 Å². The highest BCUT2D eigenvalue weighted by Gasteiger charge is 2.11. The Kier molecular flexibility index (Phi) is 4.99. The molecule has 0 unspecified atom stereocenters. The van der Waals surface area contributed by atoms with E-state index < -0.39 is 0 Å². The Morgan fingerprint density at radius 3 is 2.65 bits per heavy atom. The topological polar surface area (TPSA) is 42.2 Å². The van der Waals surface area contributed by atoms with Crippen LogP contribution < -0.4 is 10.6 Å². The third-order valence-corrected chi connectivity index (χ3v) is 3.60. The highest BCUT2D eigenvalue weighted by atomic mass is 35.5. The number of pyridine rings is 1. The minimum Gasteiger partial charge on any atom is -0.365 e. The molecule has 2 rings (SSSR count). The summed E-state index contributed by atoms with van der Waals surface area (Å²) in [7, 11) is 0. The van der Waals surface area contributed by atoms with E-state index in [1.165, 1.54) is 0 Å². The van der Waals surface area contributed by atoms with Crippen molar-refractivity contribution in [1.82, 2.24) is 4.98 Å². The lowest BCUT2D eigenvalue weighted by Gasteiger charge is -2.24. The summed E-state index contributed by atoms with van der Waals surface area (Å²) in [6.45, 7) is 5.68. The van der Waals surface area contributed by atoms with Crippen LogP contribution in [0.25, 0.3) is 0 Å². The molecule has 4 heteroatoms. The van der Waals surface area contributed by atoms with Gasteiger partial charge < -0.3 is 10.6 Å². The number of hydrogen-bond donors (Lipinski definition) is 1. The van der Waals surface area contributed by atoms with Gasteiger partial charge in [-0.05, 0) is 43.7 Å². The number of rotatable bonds is 5. The molecule has 1 atom stereocenters. The second-order valence-corrected chi connectivity index (χ2v) is 5.24. The van der Waals surface area contributed by atoms with Crippen molar-refractivity contribution in [3.8, 4) is 0 Å². The molecule has 0 aliphatic carbocycles. The van der Waals surface area contributed by atoms with Crippen LogP contribution >= 0.6 is 11.6 Å². The Balaban J connectivity index is 2.23. The first-order chi connectivity index (χ1) is 9.61. The summed E-state index contributed by atoms with van der Waals surface area (Å²) in [6.07, 6.45) is 1.81. The maximum Gasteiger partial charge on any atom is 0.0643 e. The van der Waals surface area contributed by atoms with Crippen molar-refractivity contribution < 1.29 is 0 Å². The van der Waals surface area contributed by atoms with Crippen LogP contribution in [0.15, 0.2) is 42.6 Å². The van der Waals surface area contributed by atoms with Crippen LogP contribution in [0.2, 0.25) is 5.02 Å². The summed E-state index contributed by atoms with van der Waals surface area (Å²) in [5.74, 6) is 0. The molecule has 1 heterocycles. The first kappa shape index (κ1) is 14.8. The maximum absolute atomic E-state index is 6.40. The van der Waals surface area contributed by atoms with Crippen molar-refractivity contribution in [2.45, 2.75) is 26.4 Å². The molecule has 0 aliphatic rings. The zero-order valence-corrected chi connectivity index (χ0v) is 12.6. The molecule has 0 saturated carbocycles. The molecule has 0 bridgehead atoms. The van der Waals surface area contributed by atoms with Gasteiger partial charge in [0.15, 0.2) is 0 Å². The van der Waals surface area contributed by atoms with Gasteiger partial charge in [-0.2, -0.15) is 0 Å². The highest BCUT2D eigenvalue weighted by Crippen LogP contribution is 2.29. The van der Waals surface area contributed by atoms with Crippen molar-refractivity contribution in [3.63, 3.8) is 0 Å². The third-order valence-electron chi connectivity index (χ3n) is 3.30. The molecule has 0 amide bonds. The monoisotopic (exact) mass is 289 g/mol. The summed E-state index contributed by atoms with van der Waals surface area (Å²) in [5, 5.41) is 0.734. The van der Waals surface area contributed by atoms with E-state index in [1.807, 2.05) is 49.5 Å². The van der Waals surface area contributed by atoms with Gasteiger partial charge in [0.05, 0.1) is 22.9 Å². The molecule has 106 valence electrons. The summed E-state index contributed by atoms with van der Waals surface area (Å²) in [5.41, 5.74) is 8.98. The van der Waals surface area contributed by atoms with Crippen molar-refractivity contribution in [2.24, 2.45) is 5.73 Å². The van der Waals surface area contributed by atoms with Crippen molar-refractivity contribution in [3.05, 3.63) is 58.9 Å². The molecular weight excluding hydrogens is 270 g/mol. The first-order valence-corrected chi connectivity index (χ1v) is 7.19. The van der Waals surface area contributed by atoms with Crippen LogP contribution in [0, 0.1) is 0 Å². The molecule has 1 aromatic heterocycles. The van der Waals surface area contributed by atoms with E-state index in [0.717, 1.165) is 35.1 Å². The Morgan fingerprint density at radius 2 is 2.10 bits per heavy atom. The van der Waals surface area contributed by atoms with Gasteiger partial charge in [0, 0.05) is 18.8 Å². The van der Waals surface area contributed by atoms with Crippen molar-refractivity contribution in [2.75, 3.05) is 11.4 Å². The molecule has 2 N–H and O–H groups in total. The first-order valence-electron chi connectivity index (χ1n) is 6.81. The van der Waals surface area contributed by atoms with E-state index in [9.17, 15) is 0 Å². The van der Waals surface area contributed by atoms with Crippen LogP contribution in [0.5, 0.6) is 0 Å². The normalized spacial score (nSPS) is 12.2. The lowest BCUT2D eigenvalue weighted by molar-refractivity contribution is 0.801. The van der Waals surface area contributed by atoms with E-state index in [-0.39, 0.29) is 6.04 Å². The minimum atomic E-state index is -0.00702. The summed E-state index contributed by atoms with van der Waals surface area (Å²) >= 11 is 6.40. The summed E-state index contributed by atoms with van der Waals surface area (Å²) < 4.78 is 0. The predicted molar refractivity (Wildman–Crippen MR) is 85.0 cm³/mol. The van der Waals surface area contributed by atoms with Gasteiger partial charge >= 0.3 is 0 Å². The van der Waals surface area contributed by atoms with Crippen molar-refractivity contribution in [1.29, 1.82) is 0 Å². The fourth-order valence-corrected chi connectivity index (χ4v) is 2.43. The summed E-state index contributed by atoms with van der Waals surface area (Å²) in [6, 6.07) is 11.9. The maximum atomic E-state index is 6.40. The number of nitrogens with two attached hydrogens (primary N) is 1. The molecular formula is C16H20ClN3. The van der Waals surface area contributed by atoms with E-state index in [4.69, 9.17) is 17.3 Å². The van der Waals surface area contributed by atoms with Gasteiger partial charge in [0.25, 0.3) is 0 Å². The average Bonchev–Trinajstić information content (AvgIpc) is 2.46. The largest absolute Gasteiger partial charge is 0.365 e. The molecule has 3 nitrogen and oxygen atoms in total. The molecule has 0 radical (unpaired) electrons. The Hall–Kier alpha value is -1.58. The van der Waals surface area contributed by atoms with Crippen LogP contribution in [0.4, 0.5) is 5.69 Å². The molecule has 2 aromatic rings. The quantitative estimate of drug-likeness (QED) is 0.911. The minimum absolute atomic E-state index is 0.00702. The fraction of sp³-hybridized carbons (Fsp3) is 0.312. The van der Waals surface area contributed by atoms with Gasteiger partial charge in [-0.15, -0.1) is 0 Å². The van der Waals surface area contributed by atoms with E-state index in [1.54, 1.807) is 0 Å². The van der Waals surface area contributed by atoms with Crippen LogP contribution in [-0.2, 0) is 6.54 Å². The average molecular weight is 290 g/mol. The molecule has 20 heavy (non-hydrogen) atoms. The molecule has 0 spiro atoms.